The Morgan fingerprint density at radius 2 is 1.90 bits per heavy atom. The number of benzene rings is 2. The van der Waals surface area contributed by atoms with Crippen LogP contribution in [0.25, 0.3) is 0 Å². The van der Waals surface area contributed by atoms with Crippen LogP contribution in [-0.2, 0) is 20.0 Å². The number of likely N-dealkylation sites (tertiary alicyclic amines) is 1. The summed E-state index contributed by atoms with van der Waals surface area (Å²) < 4.78 is 28.8. The first kappa shape index (κ1) is 21.6. The Hall–Kier alpha value is -2.60. The summed E-state index contributed by atoms with van der Waals surface area (Å²) in [7, 11) is -3.22. The number of rotatable bonds is 5. The van der Waals surface area contributed by atoms with Crippen LogP contribution in [0.4, 0.5) is 5.69 Å². The van der Waals surface area contributed by atoms with Gasteiger partial charge in [-0.25, -0.2) is 8.42 Å². The van der Waals surface area contributed by atoms with Gasteiger partial charge in [-0.05, 0) is 67.9 Å². The maximum atomic E-state index is 12.8. The molecule has 1 amide bonds. The third kappa shape index (κ3) is 4.13. The molecule has 0 aliphatic carbocycles. The van der Waals surface area contributed by atoms with Crippen molar-refractivity contribution in [2.24, 2.45) is 0 Å². The zero-order chi connectivity index (χ0) is 22.2. The highest BCUT2D eigenvalue weighted by molar-refractivity contribution is 7.90. The average Bonchev–Trinajstić information content (AvgIpc) is 3.01. The van der Waals surface area contributed by atoms with Crippen molar-refractivity contribution in [2.45, 2.75) is 23.2 Å². The van der Waals surface area contributed by atoms with Crippen LogP contribution < -0.4 is 10.1 Å². The second-order valence-electron chi connectivity index (χ2n) is 7.96. The summed E-state index contributed by atoms with van der Waals surface area (Å²) in [6.07, 6.45) is 2.45. The van der Waals surface area contributed by atoms with Crippen molar-refractivity contribution in [2.75, 3.05) is 37.8 Å². The first-order valence-electron chi connectivity index (χ1n) is 9.94. The smallest absolute Gasteiger partial charge is 0.235 e. The summed E-state index contributed by atoms with van der Waals surface area (Å²) >= 11 is 6.29. The van der Waals surface area contributed by atoms with Gasteiger partial charge in [0.1, 0.15) is 12.4 Å². The zero-order valence-corrected chi connectivity index (χ0v) is 18.6. The molecule has 0 bridgehead atoms. The van der Waals surface area contributed by atoms with Crippen LogP contribution in [0.1, 0.15) is 24.0 Å². The highest BCUT2D eigenvalue weighted by Crippen LogP contribution is 2.47. The average molecular weight is 460 g/mol. The van der Waals surface area contributed by atoms with Gasteiger partial charge in [0.15, 0.2) is 9.84 Å². The number of carbonyl (C=O) groups excluding carboxylic acids is 1. The molecule has 1 saturated heterocycles. The third-order valence-electron chi connectivity index (χ3n) is 6.05. The van der Waals surface area contributed by atoms with Gasteiger partial charge >= 0.3 is 0 Å². The second-order valence-corrected chi connectivity index (χ2v) is 10.4. The number of sulfone groups is 1. The Labute approximate surface area is 186 Å². The number of carbonyl (C=O) groups is 1. The number of ether oxygens (including phenoxy) is 1. The van der Waals surface area contributed by atoms with Crippen molar-refractivity contribution in [3.05, 3.63) is 52.5 Å². The highest BCUT2D eigenvalue weighted by atomic mass is 35.5. The fourth-order valence-electron chi connectivity index (χ4n) is 4.26. The van der Waals surface area contributed by atoms with Gasteiger partial charge in [0.25, 0.3) is 0 Å². The maximum absolute atomic E-state index is 12.8. The normalized spacial score (nSPS) is 17.8. The van der Waals surface area contributed by atoms with Crippen molar-refractivity contribution in [1.82, 2.24) is 4.90 Å². The van der Waals surface area contributed by atoms with Crippen LogP contribution in [0.15, 0.2) is 41.3 Å². The molecule has 2 aliphatic rings. The minimum absolute atomic E-state index is 0.0543. The van der Waals surface area contributed by atoms with Crippen LogP contribution in [0.3, 0.4) is 0 Å². The van der Waals surface area contributed by atoms with Crippen molar-refractivity contribution < 1.29 is 17.9 Å². The van der Waals surface area contributed by atoms with Crippen LogP contribution in [0.2, 0.25) is 5.02 Å². The van der Waals surface area contributed by atoms with E-state index in [-0.39, 0.29) is 10.8 Å². The fourth-order valence-corrected chi connectivity index (χ4v) is 5.16. The predicted octanol–water partition coefficient (Wildman–Crippen LogP) is 2.98. The Morgan fingerprint density at radius 3 is 2.52 bits per heavy atom. The molecule has 2 heterocycles. The molecular formula is C22H22ClN3O4S. The van der Waals surface area contributed by atoms with Crippen molar-refractivity contribution in [1.29, 1.82) is 5.26 Å². The SMILES string of the molecule is CS(=O)(=O)c1ccc(OCCN2CCC3(CC2)C(=O)Nc2c(Cl)cc(C#N)cc23)cc1. The number of hydrogen-bond donors (Lipinski definition) is 1. The standard InChI is InChI=1S/C22H22ClN3O4S/c1-31(28,29)17-4-2-16(3-5-17)30-11-10-26-8-6-22(7-9-26)18-12-15(14-24)13-19(23)20(18)25-21(22)27/h2-5,12-13H,6-11H2,1H3,(H,25,27). The Kier molecular flexibility index (Phi) is 5.69. The van der Waals surface area contributed by atoms with Crippen LogP contribution in [0, 0.1) is 11.3 Å². The van der Waals surface area contributed by atoms with Crippen LogP contribution in [0.5, 0.6) is 5.75 Å². The van der Waals surface area contributed by atoms with E-state index < -0.39 is 15.3 Å². The highest BCUT2D eigenvalue weighted by Gasteiger charge is 2.49. The molecule has 7 nitrogen and oxygen atoms in total. The first-order valence-corrected chi connectivity index (χ1v) is 12.2. The fraction of sp³-hybridized carbons (Fsp3) is 0.364. The number of amides is 1. The van der Waals surface area contributed by atoms with E-state index in [0.29, 0.717) is 48.0 Å². The summed E-state index contributed by atoms with van der Waals surface area (Å²) in [5.74, 6) is 0.560. The lowest BCUT2D eigenvalue weighted by Gasteiger charge is -2.38. The Bertz CT molecular complexity index is 1160. The molecule has 1 fully saturated rings. The zero-order valence-electron chi connectivity index (χ0n) is 17.0. The van der Waals surface area contributed by atoms with E-state index >= 15 is 0 Å². The summed E-state index contributed by atoms with van der Waals surface area (Å²) in [6, 6.07) is 11.8. The van der Waals surface area contributed by atoms with Gasteiger partial charge in [-0.15, -0.1) is 0 Å². The van der Waals surface area contributed by atoms with Gasteiger partial charge in [0, 0.05) is 12.8 Å². The van der Waals surface area contributed by atoms with E-state index in [1.165, 1.54) is 18.4 Å². The topological polar surface area (TPSA) is 99.5 Å². The summed E-state index contributed by atoms with van der Waals surface area (Å²) in [5.41, 5.74) is 1.26. The molecule has 162 valence electrons. The molecule has 0 radical (unpaired) electrons. The van der Waals surface area contributed by atoms with Crippen molar-refractivity contribution >= 4 is 33.0 Å². The number of piperidine rings is 1. The molecule has 31 heavy (non-hydrogen) atoms. The van der Waals surface area contributed by atoms with Gasteiger partial charge in [0.2, 0.25) is 5.91 Å². The maximum Gasteiger partial charge on any atom is 0.235 e. The number of nitriles is 1. The second kappa shape index (κ2) is 8.15. The molecule has 1 N–H and O–H groups in total. The molecule has 0 saturated carbocycles. The number of fused-ring (bicyclic) bond motifs is 2. The number of halogens is 1. The minimum Gasteiger partial charge on any atom is -0.492 e. The summed E-state index contributed by atoms with van der Waals surface area (Å²) in [4.78, 5) is 15.3. The molecule has 9 heteroatoms. The lowest BCUT2D eigenvalue weighted by atomic mass is 9.73. The van der Waals surface area contributed by atoms with Crippen LogP contribution >= 0.6 is 11.6 Å². The third-order valence-corrected chi connectivity index (χ3v) is 7.47. The molecule has 0 atom stereocenters. The molecule has 2 aliphatic heterocycles. The molecule has 0 aromatic heterocycles. The van der Waals surface area contributed by atoms with Gasteiger partial charge in [0.05, 0.1) is 32.7 Å². The van der Waals surface area contributed by atoms with Crippen molar-refractivity contribution in [3.63, 3.8) is 0 Å². The van der Waals surface area contributed by atoms with Crippen molar-refractivity contribution in [3.8, 4) is 11.8 Å². The number of nitrogens with zero attached hydrogens (tertiary/aromatic N) is 2. The molecule has 2 aromatic rings. The predicted molar refractivity (Wildman–Crippen MR) is 117 cm³/mol. The van der Waals surface area contributed by atoms with E-state index in [1.807, 2.05) is 0 Å². The van der Waals surface area contributed by atoms with Gasteiger partial charge < -0.3 is 10.1 Å². The molecule has 4 rings (SSSR count). The number of hydrogen-bond acceptors (Lipinski definition) is 6. The van der Waals surface area contributed by atoms with Gasteiger partial charge in [-0.3, -0.25) is 9.69 Å². The first-order chi connectivity index (χ1) is 14.7. The van der Waals surface area contributed by atoms with Crippen LogP contribution in [-0.4, -0.2) is 51.7 Å². The van der Waals surface area contributed by atoms with E-state index in [0.717, 1.165) is 18.7 Å². The van der Waals surface area contributed by atoms with E-state index in [2.05, 4.69) is 16.3 Å². The Morgan fingerprint density at radius 1 is 1.23 bits per heavy atom. The largest absolute Gasteiger partial charge is 0.492 e. The monoisotopic (exact) mass is 459 g/mol. The quantitative estimate of drug-likeness (QED) is 0.737. The van der Waals surface area contributed by atoms with E-state index in [9.17, 15) is 18.5 Å². The Balaban J connectivity index is 1.36. The lowest BCUT2D eigenvalue weighted by molar-refractivity contribution is -0.122. The molecular weight excluding hydrogens is 438 g/mol. The molecule has 0 unspecified atom stereocenters. The lowest BCUT2D eigenvalue weighted by Crippen LogP contribution is -2.47. The number of anilines is 1. The molecule has 1 spiro atoms. The summed E-state index contributed by atoms with van der Waals surface area (Å²) in [6.45, 7) is 2.59. The van der Waals surface area contributed by atoms with Gasteiger partial charge in [-0.1, -0.05) is 11.6 Å². The molecule has 2 aromatic carbocycles. The summed E-state index contributed by atoms with van der Waals surface area (Å²) in [5, 5.41) is 12.6. The van der Waals surface area contributed by atoms with Gasteiger partial charge in [-0.2, -0.15) is 5.26 Å². The minimum atomic E-state index is -3.22. The number of nitrogens with one attached hydrogen (secondary N) is 1. The van der Waals surface area contributed by atoms with E-state index in [1.54, 1.807) is 24.3 Å². The van der Waals surface area contributed by atoms with E-state index in [4.69, 9.17) is 16.3 Å².